The second kappa shape index (κ2) is 5.57. The lowest BCUT2D eigenvalue weighted by molar-refractivity contribution is -0.143. The van der Waals surface area contributed by atoms with E-state index in [1.807, 2.05) is 11.8 Å². The maximum atomic E-state index is 11.3. The van der Waals surface area contributed by atoms with Gasteiger partial charge in [-0.3, -0.25) is 9.69 Å². The second-order valence-corrected chi connectivity index (χ2v) is 5.76. The Kier molecular flexibility index (Phi) is 4.23. The van der Waals surface area contributed by atoms with Gasteiger partial charge in [0, 0.05) is 17.1 Å². The van der Waals surface area contributed by atoms with Crippen LogP contribution in [-0.2, 0) is 11.3 Å². The Morgan fingerprint density at radius 3 is 2.79 bits per heavy atom. The van der Waals surface area contributed by atoms with Crippen molar-refractivity contribution in [1.29, 1.82) is 0 Å². The van der Waals surface area contributed by atoms with E-state index in [1.54, 1.807) is 6.07 Å². The molecule has 4 nitrogen and oxygen atoms in total. The van der Waals surface area contributed by atoms with Crippen LogP contribution in [0, 0.1) is 5.92 Å². The van der Waals surface area contributed by atoms with Crippen LogP contribution in [0.5, 0.6) is 5.75 Å². The first-order valence-corrected chi connectivity index (χ1v) is 6.79. The van der Waals surface area contributed by atoms with Gasteiger partial charge in [0.2, 0.25) is 0 Å². The van der Waals surface area contributed by atoms with Crippen molar-refractivity contribution in [3.05, 3.63) is 27.7 Å². The Balaban J connectivity index is 2.24. The average molecular weight is 304 g/mol. The third-order valence-corrected chi connectivity index (χ3v) is 4.04. The molecule has 0 aliphatic carbocycles. The number of aliphatic carboxylic acids is 1. The van der Waals surface area contributed by atoms with Gasteiger partial charge in [-0.15, -0.1) is 0 Å². The average Bonchev–Trinajstić information content (AvgIpc) is 2.66. The summed E-state index contributed by atoms with van der Waals surface area (Å²) in [7, 11) is 0. The minimum Gasteiger partial charge on any atom is -0.506 e. The van der Waals surface area contributed by atoms with Gasteiger partial charge < -0.3 is 10.2 Å². The Morgan fingerprint density at radius 1 is 1.47 bits per heavy atom. The zero-order valence-corrected chi connectivity index (χ0v) is 11.9. The van der Waals surface area contributed by atoms with Crippen LogP contribution in [0.15, 0.2) is 12.1 Å². The molecule has 1 heterocycles. The highest BCUT2D eigenvalue weighted by molar-refractivity contribution is 6.35. The number of hydrogen-bond acceptors (Lipinski definition) is 3. The van der Waals surface area contributed by atoms with Gasteiger partial charge in [0.15, 0.2) is 0 Å². The van der Waals surface area contributed by atoms with Crippen LogP contribution >= 0.6 is 23.2 Å². The van der Waals surface area contributed by atoms with Gasteiger partial charge in [-0.2, -0.15) is 0 Å². The van der Waals surface area contributed by atoms with E-state index < -0.39 is 12.0 Å². The number of phenolic OH excluding ortho intramolecular Hbond substituents is 1. The maximum absolute atomic E-state index is 11.3. The van der Waals surface area contributed by atoms with E-state index in [2.05, 4.69) is 0 Å². The number of halogens is 2. The van der Waals surface area contributed by atoms with Crippen molar-refractivity contribution in [3.63, 3.8) is 0 Å². The summed E-state index contributed by atoms with van der Waals surface area (Å²) >= 11 is 11.8. The fourth-order valence-corrected chi connectivity index (χ4v) is 3.10. The molecule has 2 atom stereocenters. The van der Waals surface area contributed by atoms with Crippen LogP contribution in [0.2, 0.25) is 10.0 Å². The van der Waals surface area contributed by atoms with Crippen molar-refractivity contribution < 1.29 is 15.0 Å². The summed E-state index contributed by atoms with van der Waals surface area (Å²) in [6.45, 7) is 2.93. The molecule has 0 amide bonds. The fraction of sp³-hybridized carbons (Fsp3) is 0.462. The number of aromatic hydroxyl groups is 1. The highest BCUT2D eigenvalue weighted by atomic mass is 35.5. The smallest absolute Gasteiger partial charge is 0.321 e. The van der Waals surface area contributed by atoms with Crippen molar-refractivity contribution in [2.45, 2.75) is 25.9 Å². The zero-order valence-electron chi connectivity index (χ0n) is 10.4. The Labute approximate surface area is 121 Å². The molecule has 1 fully saturated rings. The summed E-state index contributed by atoms with van der Waals surface area (Å²) in [6, 6.07) is 2.55. The molecule has 1 aliphatic rings. The monoisotopic (exact) mass is 303 g/mol. The van der Waals surface area contributed by atoms with Crippen LogP contribution in [-0.4, -0.2) is 33.7 Å². The van der Waals surface area contributed by atoms with Gasteiger partial charge in [-0.05, 0) is 31.0 Å². The number of benzene rings is 1. The van der Waals surface area contributed by atoms with Crippen molar-refractivity contribution in [3.8, 4) is 5.75 Å². The third kappa shape index (κ3) is 2.96. The number of hydrogen-bond donors (Lipinski definition) is 2. The van der Waals surface area contributed by atoms with E-state index in [0.717, 1.165) is 6.42 Å². The van der Waals surface area contributed by atoms with Gasteiger partial charge in [0.25, 0.3) is 0 Å². The standard InChI is InChI=1S/C13H15Cl2NO3/c1-7-2-3-16(11(7)13(18)19)6-8-4-9(14)5-10(15)12(8)17/h4-5,7,11,17H,2-3,6H2,1H3,(H,18,19). The molecular weight excluding hydrogens is 289 g/mol. The number of likely N-dealkylation sites (tertiary alicyclic amines) is 1. The molecule has 1 aromatic carbocycles. The number of nitrogens with zero attached hydrogens (tertiary/aromatic N) is 1. The summed E-state index contributed by atoms with van der Waals surface area (Å²) in [4.78, 5) is 13.1. The lowest BCUT2D eigenvalue weighted by atomic mass is 10.0. The number of carbonyl (C=O) groups is 1. The van der Waals surface area contributed by atoms with E-state index in [4.69, 9.17) is 23.2 Å². The van der Waals surface area contributed by atoms with Crippen molar-refractivity contribution in [2.24, 2.45) is 5.92 Å². The molecule has 6 heteroatoms. The summed E-state index contributed by atoms with van der Waals surface area (Å²) in [5.74, 6) is -0.776. The van der Waals surface area contributed by atoms with Gasteiger partial charge in [-0.25, -0.2) is 0 Å². The normalized spacial score (nSPS) is 23.7. The van der Waals surface area contributed by atoms with E-state index >= 15 is 0 Å². The largest absolute Gasteiger partial charge is 0.506 e. The van der Waals surface area contributed by atoms with Crippen molar-refractivity contribution >= 4 is 29.2 Å². The van der Waals surface area contributed by atoms with E-state index in [9.17, 15) is 15.0 Å². The molecule has 104 valence electrons. The molecule has 0 radical (unpaired) electrons. The van der Waals surface area contributed by atoms with Crippen LogP contribution in [0.4, 0.5) is 0 Å². The first-order chi connectivity index (χ1) is 8.90. The molecule has 1 saturated heterocycles. The number of phenols is 1. The van der Waals surface area contributed by atoms with Crippen molar-refractivity contribution in [1.82, 2.24) is 4.90 Å². The van der Waals surface area contributed by atoms with E-state index in [0.29, 0.717) is 23.7 Å². The Hall–Kier alpha value is -0.970. The zero-order chi connectivity index (χ0) is 14.2. The molecule has 0 spiro atoms. The van der Waals surface area contributed by atoms with Gasteiger partial charge in [0.1, 0.15) is 11.8 Å². The molecule has 1 aliphatic heterocycles. The summed E-state index contributed by atoms with van der Waals surface area (Å²) in [5, 5.41) is 19.8. The number of carboxylic acids is 1. The van der Waals surface area contributed by atoms with Crippen LogP contribution < -0.4 is 0 Å². The third-order valence-electron chi connectivity index (χ3n) is 3.54. The molecule has 0 saturated carbocycles. The number of rotatable bonds is 3. The molecule has 2 unspecified atom stereocenters. The number of carboxylic acid groups (broad SMARTS) is 1. The Bertz CT molecular complexity index is 507. The van der Waals surface area contributed by atoms with Gasteiger partial charge in [-0.1, -0.05) is 30.1 Å². The predicted octanol–water partition coefficient (Wildman–Crippen LogP) is 2.99. The first kappa shape index (κ1) is 14.4. The highest BCUT2D eigenvalue weighted by Gasteiger charge is 2.36. The van der Waals surface area contributed by atoms with Crippen LogP contribution in [0.1, 0.15) is 18.9 Å². The molecule has 0 aromatic heterocycles. The highest BCUT2D eigenvalue weighted by Crippen LogP contribution is 2.34. The Morgan fingerprint density at radius 2 is 2.16 bits per heavy atom. The van der Waals surface area contributed by atoms with Crippen LogP contribution in [0.25, 0.3) is 0 Å². The van der Waals surface area contributed by atoms with E-state index in [-0.39, 0.29) is 16.7 Å². The first-order valence-electron chi connectivity index (χ1n) is 6.04. The van der Waals surface area contributed by atoms with E-state index in [1.165, 1.54) is 6.07 Å². The van der Waals surface area contributed by atoms with Gasteiger partial charge in [0.05, 0.1) is 5.02 Å². The topological polar surface area (TPSA) is 60.8 Å². The quantitative estimate of drug-likeness (QED) is 0.901. The van der Waals surface area contributed by atoms with Gasteiger partial charge >= 0.3 is 5.97 Å². The molecular formula is C13H15Cl2NO3. The summed E-state index contributed by atoms with van der Waals surface area (Å²) < 4.78 is 0. The molecule has 1 aromatic rings. The minimum atomic E-state index is -0.836. The molecule has 2 N–H and O–H groups in total. The second-order valence-electron chi connectivity index (χ2n) is 4.91. The summed E-state index contributed by atoms with van der Waals surface area (Å²) in [5.41, 5.74) is 0.554. The summed E-state index contributed by atoms with van der Waals surface area (Å²) in [6.07, 6.45) is 0.825. The van der Waals surface area contributed by atoms with Crippen molar-refractivity contribution in [2.75, 3.05) is 6.54 Å². The molecule has 2 rings (SSSR count). The lowest BCUT2D eigenvalue weighted by Gasteiger charge is -2.23. The molecule has 0 bridgehead atoms. The predicted molar refractivity (Wildman–Crippen MR) is 73.7 cm³/mol. The lowest BCUT2D eigenvalue weighted by Crippen LogP contribution is -2.38. The fourth-order valence-electron chi connectivity index (χ4n) is 2.56. The SMILES string of the molecule is CC1CCN(Cc2cc(Cl)cc(Cl)c2O)C1C(=O)O. The maximum Gasteiger partial charge on any atom is 0.321 e. The van der Waals surface area contributed by atoms with Crippen LogP contribution in [0.3, 0.4) is 0 Å². The minimum absolute atomic E-state index is 0.0326. The molecule has 19 heavy (non-hydrogen) atoms.